The summed E-state index contributed by atoms with van der Waals surface area (Å²) in [7, 11) is 0. The Morgan fingerprint density at radius 3 is 2.69 bits per heavy atom. The van der Waals surface area contributed by atoms with E-state index in [1.165, 1.54) is 10.1 Å². The minimum Gasteiger partial charge on any atom is -0.352 e. The molecule has 4 rings (SSSR count). The van der Waals surface area contributed by atoms with Gasteiger partial charge in [-0.2, -0.15) is 4.37 Å². The zero-order valence-corrected chi connectivity index (χ0v) is 16.4. The number of benzene rings is 1. The number of hydrogen-bond donors (Lipinski definition) is 0. The number of nitrogens with zero attached hydrogens (tertiary/aromatic N) is 3. The average Bonchev–Trinajstić information content (AvgIpc) is 3.35. The lowest BCUT2D eigenvalue weighted by Gasteiger charge is -2.35. The number of carbonyl (C=O) groups excluding carboxylic acids is 1. The van der Waals surface area contributed by atoms with Crippen LogP contribution >= 0.6 is 22.9 Å². The van der Waals surface area contributed by atoms with Crippen molar-refractivity contribution < 1.29 is 4.79 Å². The molecule has 1 aliphatic rings. The minimum absolute atomic E-state index is 0.170. The van der Waals surface area contributed by atoms with E-state index in [4.69, 9.17) is 0 Å². The fourth-order valence-electron chi connectivity index (χ4n) is 3.29. The van der Waals surface area contributed by atoms with Gasteiger partial charge in [-0.1, -0.05) is 25.1 Å². The fourth-order valence-corrected chi connectivity index (χ4v) is 4.76. The first-order valence-electron chi connectivity index (χ1n) is 8.89. The summed E-state index contributed by atoms with van der Waals surface area (Å²) in [6.45, 7) is 5.19. The van der Waals surface area contributed by atoms with Gasteiger partial charge in [0.25, 0.3) is 0 Å². The van der Waals surface area contributed by atoms with E-state index >= 15 is 0 Å². The van der Waals surface area contributed by atoms with Gasteiger partial charge in [-0.05, 0) is 47.6 Å². The highest BCUT2D eigenvalue weighted by Crippen LogP contribution is 2.30. The fraction of sp³-hybridized carbons (Fsp3) is 0.300. The van der Waals surface area contributed by atoms with Crippen LogP contribution in [0.25, 0.3) is 16.2 Å². The van der Waals surface area contributed by atoms with Crippen molar-refractivity contribution in [2.75, 3.05) is 31.1 Å². The number of amides is 1. The summed E-state index contributed by atoms with van der Waals surface area (Å²) in [4.78, 5) is 18.3. The Balaban J connectivity index is 1.45. The predicted octanol–water partition coefficient (Wildman–Crippen LogP) is 4.50. The highest BCUT2D eigenvalue weighted by Gasteiger charge is 2.25. The van der Waals surface area contributed by atoms with Crippen molar-refractivity contribution in [1.29, 1.82) is 0 Å². The molecule has 134 valence electrons. The monoisotopic (exact) mass is 383 g/mol. The molecule has 1 amide bonds. The molecule has 1 aromatic carbocycles. The molecule has 3 heterocycles. The Kier molecular flexibility index (Phi) is 5.04. The largest absolute Gasteiger partial charge is 0.352 e. The molecule has 0 radical (unpaired) electrons. The molecule has 0 spiro atoms. The smallest absolute Gasteiger partial charge is 0.249 e. The van der Waals surface area contributed by atoms with Gasteiger partial charge < -0.3 is 9.80 Å². The topological polar surface area (TPSA) is 36.4 Å². The van der Waals surface area contributed by atoms with Crippen molar-refractivity contribution in [3.05, 3.63) is 52.2 Å². The summed E-state index contributed by atoms with van der Waals surface area (Å²) in [5.74, 6) is 1.23. The number of fused-ring (bicyclic) bond motifs is 1. The normalized spacial score (nSPS) is 15.7. The molecule has 0 atom stereocenters. The number of anilines is 1. The van der Waals surface area contributed by atoms with E-state index < -0.39 is 0 Å². The third-order valence-corrected chi connectivity index (χ3v) is 6.38. The maximum atomic E-state index is 12.9. The van der Waals surface area contributed by atoms with Crippen LogP contribution in [0.15, 0.2) is 47.4 Å². The first-order valence-corrected chi connectivity index (χ1v) is 10.5. The van der Waals surface area contributed by atoms with Gasteiger partial charge in [0.05, 0.1) is 4.70 Å². The van der Waals surface area contributed by atoms with Crippen LogP contribution in [-0.4, -0.2) is 41.4 Å². The second-order valence-electron chi connectivity index (χ2n) is 6.32. The molecule has 6 heteroatoms. The summed E-state index contributed by atoms with van der Waals surface area (Å²) >= 11 is 3.21. The summed E-state index contributed by atoms with van der Waals surface area (Å²) in [5, 5.41) is 3.25. The second kappa shape index (κ2) is 7.60. The SMILES string of the molecule is CCC(=Cc1cccs1)C(=O)N1CCN(c2nsc3ccccc23)CC1. The molecule has 1 fully saturated rings. The Bertz CT molecular complexity index is 922. The van der Waals surface area contributed by atoms with E-state index in [-0.39, 0.29) is 5.91 Å². The summed E-state index contributed by atoms with van der Waals surface area (Å²) in [6.07, 6.45) is 2.79. The molecular formula is C20H21N3OS2. The summed E-state index contributed by atoms with van der Waals surface area (Å²) < 4.78 is 5.86. The maximum absolute atomic E-state index is 12.9. The lowest BCUT2D eigenvalue weighted by Crippen LogP contribution is -2.49. The summed E-state index contributed by atoms with van der Waals surface area (Å²) in [5.41, 5.74) is 0.889. The lowest BCUT2D eigenvalue weighted by molar-refractivity contribution is -0.127. The molecule has 0 bridgehead atoms. The van der Waals surface area contributed by atoms with Gasteiger partial charge in [0.1, 0.15) is 5.82 Å². The first kappa shape index (κ1) is 17.2. The van der Waals surface area contributed by atoms with Crippen LogP contribution in [0.2, 0.25) is 0 Å². The maximum Gasteiger partial charge on any atom is 0.249 e. The van der Waals surface area contributed by atoms with E-state index in [1.54, 1.807) is 22.9 Å². The number of piperazine rings is 1. The quantitative estimate of drug-likeness (QED) is 0.623. The zero-order valence-electron chi connectivity index (χ0n) is 14.7. The molecule has 2 aromatic heterocycles. The van der Waals surface area contributed by atoms with Crippen LogP contribution in [0.5, 0.6) is 0 Å². The number of aromatic nitrogens is 1. The van der Waals surface area contributed by atoms with E-state index in [2.05, 4.69) is 40.5 Å². The zero-order chi connectivity index (χ0) is 17.9. The Morgan fingerprint density at radius 2 is 1.96 bits per heavy atom. The predicted molar refractivity (Wildman–Crippen MR) is 111 cm³/mol. The molecule has 0 unspecified atom stereocenters. The highest BCUT2D eigenvalue weighted by molar-refractivity contribution is 7.13. The van der Waals surface area contributed by atoms with Crippen molar-refractivity contribution in [3.63, 3.8) is 0 Å². The minimum atomic E-state index is 0.170. The van der Waals surface area contributed by atoms with E-state index in [9.17, 15) is 4.79 Å². The molecular weight excluding hydrogens is 362 g/mol. The van der Waals surface area contributed by atoms with Gasteiger partial charge in [0.2, 0.25) is 5.91 Å². The molecule has 26 heavy (non-hydrogen) atoms. The van der Waals surface area contributed by atoms with Crippen LogP contribution in [0.3, 0.4) is 0 Å². The van der Waals surface area contributed by atoms with Gasteiger partial charge in [-0.25, -0.2) is 0 Å². The van der Waals surface area contributed by atoms with Crippen molar-refractivity contribution >= 4 is 50.8 Å². The van der Waals surface area contributed by atoms with Gasteiger partial charge >= 0.3 is 0 Å². The Morgan fingerprint density at radius 1 is 1.15 bits per heavy atom. The molecule has 3 aromatic rings. The third-order valence-electron chi connectivity index (χ3n) is 4.74. The third kappa shape index (κ3) is 3.39. The molecule has 0 aliphatic carbocycles. The van der Waals surface area contributed by atoms with E-state index in [0.717, 1.165) is 48.9 Å². The van der Waals surface area contributed by atoms with Gasteiger partial charge in [0.15, 0.2) is 0 Å². The lowest BCUT2D eigenvalue weighted by atomic mass is 10.1. The molecule has 0 N–H and O–H groups in total. The standard InChI is InChI=1S/C20H21N3OS2/c1-2-15(14-16-6-5-13-25-16)20(24)23-11-9-22(10-12-23)19-17-7-3-4-8-18(17)26-21-19/h3-8,13-14H,2,9-12H2,1H3. The molecule has 1 aliphatic heterocycles. The van der Waals surface area contributed by atoms with Crippen molar-refractivity contribution in [2.24, 2.45) is 0 Å². The average molecular weight is 384 g/mol. The van der Waals surface area contributed by atoms with Crippen molar-refractivity contribution in [2.45, 2.75) is 13.3 Å². The van der Waals surface area contributed by atoms with Gasteiger partial charge in [-0.3, -0.25) is 4.79 Å². The number of hydrogen-bond acceptors (Lipinski definition) is 5. The number of thiophene rings is 1. The van der Waals surface area contributed by atoms with Crippen LogP contribution in [0.4, 0.5) is 5.82 Å². The Hall–Kier alpha value is -2.18. The van der Waals surface area contributed by atoms with Crippen LogP contribution in [0.1, 0.15) is 18.2 Å². The van der Waals surface area contributed by atoms with Gasteiger partial charge in [-0.15, -0.1) is 11.3 Å². The summed E-state index contributed by atoms with van der Waals surface area (Å²) in [6, 6.07) is 12.4. The molecule has 0 saturated carbocycles. The first-order chi connectivity index (χ1) is 12.8. The number of carbonyl (C=O) groups is 1. The highest BCUT2D eigenvalue weighted by atomic mass is 32.1. The van der Waals surface area contributed by atoms with Crippen molar-refractivity contribution in [1.82, 2.24) is 9.27 Å². The molecule has 1 saturated heterocycles. The van der Waals surface area contributed by atoms with Crippen LogP contribution in [-0.2, 0) is 4.79 Å². The van der Waals surface area contributed by atoms with E-state index in [1.807, 2.05) is 28.5 Å². The van der Waals surface area contributed by atoms with E-state index in [0.29, 0.717) is 0 Å². The van der Waals surface area contributed by atoms with Gasteiger partial charge in [0, 0.05) is 42.0 Å². The van der Waals surface area contributed by atoms with Crippen molar-refractivity contribution in [3.8, 4) is 0 Å². The Labute approximate surface area is 161 Å². The number of rotatable bonds is 4. The van der Waals surface area contributed by atoms with Crippen LogP contribution < -0.4 is 4.90 Å². The van der Waals surface area contributed by atoms with Crippen LogP contribution in [0, 0.1) is 0 Å². The molecule has 4 nitrogen and oxygen atoms in total. The second-order valence-corrected chi connectivity index (χ2v) is 8.10.